The maximum absolute atomic E-state index is 6.28. The first-order valence-electron chi connectivity index (χ1n) is 9.90. The molecular formula is C26H27I3N2. The zero-order chi connectivity index (χ0) is 21.9. The van der Waals surface area contributed by atoms with E-state index in [2.05, 4.69) is 107 Å². The van der Waals surface area contributed by atoms with E-state index in [1.807, 2.05) is 24.3 Å². The molecule has 1 aliphatic carbocycles. The number of benzene rings is 3. The predicted octanol–water partition coefficient (Wildman–Crippen LogP) is 3.66. The molecule has 0 saturated heterocycles. The topological polar surface area (TPSA) is 51.6 Å². The van der Waals surface area contributed by atoms with Gasteiger partial charge in [0.2, 0.25) is 5.71 Å². The number of rotatable bonds is 2. The Morgan fingerprint density at radius 1 is 0.839 bits per heavy atom. The van der Waals surface area contributed by atoms with E-state index in [1.54, 1.807) is 0 Å². The van der Waals surface area contributed by atoms with Crippen LogP contribution in [0.25, 0.3) is 21.9 Å². The number of halogens is 3. The average Bonchev–Trinajstić information content (AvgIpc) is 2.74. The quantitative estimate of drug-likeness (QED) is 0.306. The maximum atomic E-state index is 6.28. The summed E-state index contributed by atoms with van der Waals surface area (Å²) in [6.07, 6.45) is 5.15. The third-order valence-corrected chi connectivity index (χ3v) is 5.27. The minimum absolute atomic E-state index is 0. The van der Waals surface area contributed by atoms with Gasteiger partial charge < -0.3 is 29.7 Å². The van der Waals surface area contributed by atoms with Gasteiger partial charge in [-0.2, -0.15) is 0 Å². The van der Waals surface area contributed by atoms with Gasteiger partial charge in [0.15, 0.2) is 0 Å². The van der Waals surface area contributed by atoms with Crippen molar-refractivity contribution in [3.8, 4) is 0 Å². The van der Waals surface area contributed by atoms with Gasteiger partial charge in [0, 0.05) is 54.4 Å². The molecule has 0 bridgehead atoms. The summed E-state index contributed by atoms with van der Waals surface area (Å²) in [4.78, 5) is 0. The van der Waals surface area contributed by atoms with Crippen molar-refractivity contribution in [2.45, 2.75) is 27.2 Å². The Labute approximate surface area is 225 Å². The molecule has 0 aromatic heterocycles. The van der Waals surface area contributed by atoms with E-state index in [1.165, 1.54) is 27.7 Å². The summed E-state index contributed by atoms with van der Waals surface area (Å²) >= 11 is 4.24. The van der Waals surface area contributed by atoms with Crippen molar-refractivity contribution in [1.29, 1.82) is 0 Å². The van der Waals surface area contributed by atoms with E-state index in [9.17, 15) is 0 Å². The Bertz CT molecular complexity index is 1150. The second-order valence-corrected chi connectivity index (χ2v) is 8.71. The van der Waals surface area contributed by atoms with Crippen molar-refractivity contribution in [2.75, 3.05) is 5.73 Å². The van der Waals surface area contributed by atoms with Gasteiger partial charge in [0.1, 0.15) is 0 Å². The molecule has 1 aliphatic rings. The summed E-state index contributed by atoms with van der Waals surface area (Å²) in [6, 6.07) is 21.0. The van der Waals surface area contributed by atoms with Crippen LogP contribution in [0, 0.1) is 5.41 Å². The van der Waals surface area contributed by atoms with Gasteiger partial charge in [-0.05, 0) is 57.7 Å². The van der Waals surface area contributed by atoms with E-state index in [-0.39, 0.29) is 29.4 Å². The first kappa shape index (κ1) is 26.3. The lowest BCUT2D eigenvalue weighted by Gasteiger charge is -2.26. The largest absolute Gasteiger partial charge is 1.00 e. The zero-order valence-electron chi connectivity index (χ0n) is 17.9. The van der Waals surface area contributed by atoms with E-state index in [0.717, 1.165) is 28.8 Å². The number of allylic oxidation sites excluding steroid dienone is 4. The SMILES string of the molecule is CC(C)(C)C/C(=C1\C=CC(=[NH2+])c2ccccc21)c1ccc(N)c2ccccc12.II.[I-]. The van der Waals surface area contributed by atoms with Crippen LogP contribution in [0.2, 0.25) is 0 Å². The summed E-state index contributed by atoms with van der Waals surface area (Å²) in [5.74, 6) is 0. The molecule has 162 valence electrons. The second kappa shape index (κ2) is 11.3. The summed E-state index contributed by atoms with van der Waals surface area (Å²) < 4.78 is 0. The van der Waals surface area contributed by atoms with E-state index >= 15 is 0 Å². The molecule has 0 amide bonds. The van der Waals surface area contributed by atoms with Crippen LogP contribution >= 0.6 is 37.2 Å². The summed E-state index contributed by atoms with van der Waals surface area (Å²) in [7, 11) is 0. The zero-order valence-corrected chi connectivity index (χ0v) is 24.4. The highest BCUT2D eigenvalue weighted by Gasteiger charge is 2.24. The van der Waals surface area contributed by atoms with Gasteiger partial charge >= 0.3 is 0 Å². The van der Waals surface area contributed by atoms with Crippen LogP contribution in [-0.2, 0) is 0 Å². The van der Waals surface area contributed by atoms with Gasteiger partial charge in [-0.3, -0.25) is 5.41 Å². The highest BCUT2D eigenvalue weighted by atomic mass is 128. The second-order valence-electron chi connectivity index (χ2n) is 8.71. The fourth-order valence-corrected chi connectivity index (χ4v) is 4.04. The van der Waals surface area contributed by atoms with Gasteiger partial charge in [0.05, 0.1) is 5.56 Å². The molecule has 31 heavy (non-hydrogen) atoms. The first-order valence-corrected chi connectivity index (χ1v) is 16.2. The van der Waals surface area contributed by atoms with Crippen molar-refractivity contribution < 1.29 is 29.4 Å². The van der Waals surface area contributed by atoms with E-state index < -0.39 is 0 Å². The predicted molar refractivity (Wildman–Crippen MR) is 149 cm³/mol. The van der Waals surface area contributed by atoms with Crippen LogP contribution in [0.4, 0.5) is 5.69 Å². The summed E-state index contributed by atoms with van der Waals surface area (Å²) in [5.41, 5.74) is 14.2. The first-order chi connectivity index (χ1) is 14.3. The van der Waals surface area contributed by atoms with Crippen molar-refractivity contribution in [3.63, 3.8) is 0 Å². The molecule has 0 radical (unpaired) electrons. The minimum atomic E-state index is 0. The number of anilines is 1. The van der Waals surface area contributed by atoms with Crippen molar-refractivity contribution in [2.24, 2.45) is 5.41 Å². The Balaban J connectivity index is 0.00000111. The molecule has 0 heterocycles. The van der Waals surface area contributed by atoms with Crippen molar-refractivity contribution in [1.82, 2.24) is 0 Å². The number of nitrogens with two attached hydrogens (primary N) is 2. The Hall–Kier alpha value is -0.940. The monoisotopic (exact) mass is 748 g/mol. The van der Waals surface area contributed by atoms with Gasteiger partial charge in [-0.15, -0.1) is 0 Å². The normalized spacial score (nSPS) is 14.3. The average molecular weight is 748 g/mol. The summed E-state index contributed by atoms with van der Waals surface area (Å²) in [5, 5.41) is 8.58. The molecule has 0 saturated carbocycles. The van der Waals surface area contributed by atoms with Crippen LogP contribution in [-0.4, -0.2) is 5.71 Å². The molecule has 3 aromatic carbocycles. The number of fused-ring (bicyclic) bond motifs is 2. The lowest BCUT2D eigenvalue weighted by atomic mass is 9.78. The lowest BCUT2D eigenvalue weighted by Crippen LogP contribution is -3.00. The Morgan fingerprint density at radius 2 is 1.42 bits per heavy atom. The summed E-state index contributed by atoms with van der Waals surface area (Å²) in [6.45, 7) is 6.85. The minimum Gasteiger partial charge on any atom is -1.00 e. The molecule has 0 fully saturated rings. The Kier molecular flexibility index (Phi) is 9.57. The fraction of sp³-hybridized carbons (Fsp3) is 0.192. The van der Waals surface area contributed by atoms with Crippen molar-refractivity contribution >= 4 is 70.5 Å². The van der Waals surface area contributed by atoms with Crippen LogP contribution in [0.5, 0.6) is 0 Å². The third-order valence-electron chi connectivity index (χ3n) is 5.27. The fourth-order valence-electron chi connectivity index (χ4n) is 4.04. The standard InChI is InChI=1S/C26H26N2.I2.HI/c1-26(2,3)16-23(19-12-14-24(27)21-10-6-4-8-17(19)21)20-13-15-25(28)22-11-7-5-9-18(20)22;1-2;/h4-15,27H,16,28H2,1-3H3;;1H/b23-19-,27-24?;;. The van der Waals surface area contributed by atoms with Gasteiger partial charge in [-0.1, -0.05) is 69.3 Å². The number of hydrogen-bond donors (Lipinski definition) is 2. The highest BCUT2D eigenvalue weighted by Crippen LogP contribution is 2.42. The van der Waals surface area contributed by atoms with E-state index in [4.69, 9.17) is 11.1 Å². The Morgan fingerprint density at radius 3 is 2.06 bits per heavy atom. The molecule has 2 nitrogen and oxygen atoms in total. The molecule has 4 rings (SSSR count). The number of hydrogen-bond acceptors (Lipinski definition) is 1. The number of nitrogen functional groups attached to an aromatic ring is 1. The molecule has 5 heteroatoms. The van der Waals surface area contributed by atoms with Gasteiger partial charge in [-0.25, -0.2) is 0 Å². The van der Waals surface area contributed by atoms with Crippen LogP contribution < -0.4 is 35.1 Å². The third kappa shape index (κ3) is 5.90. The molecule has 3 aromatic rings. The molecule has 0 unspecified atom stereocenters. The van der Waals surface area contributed by atoms with Crippen LogP contribution in [0.1, 0.15) is 43.9 Å². The molecule has 4 N–H and O–H groups in total. The maximum Gasteiger partial charge on any atom is 0.204 e. The molecule has 0 spiro atoms. The van der Waals surface area contributed by atoms with Gasteiger partial charge in [0.25, 0.3) is 0 Å². The van der Waals surface area contributed by atoms with Crippen LogP contribution in [0.15, 0.2) is 72.8 Å². The molecular weight excluding hydrogens is 721 g/mol. The lowest BCUT2D eigenvalue weighted by molar-refractivity contribution is -0.111. The molecule has 0 aliphatic heterocycles. The van der Waals surface area contributed by atoms with Crippen molar-refractivity contribution in [3.05, 3.63) is 89.5 Å². The van der Waals surface area contributed by atoms with Crippen LogP contribution in [0.3, 0.4) is 0 Å². The van der Waals surface area contributed by atoms with E-state index in [0.29, 0.717) is 0 Å². The highest BCUT2D eigenvalue weighted by molar-refractivity contribution is 15.0. The molecule has 0 atom stereocenters. The smallest absolute Gasteiger partial charge is 0.204 e.